The number of nitro benzene ring substituents is 1. The van der Waals surface area contributed by atoms with E-state index in [2.05, 4.69) is 0 Å². The third kappa shape index (κ3) is 3.79. The molecule has 1 unspecified atom stereocenters. The normalized spacial score (nSPS) is 11.9. The van der Waals surface area contributed by atoms with Gasteiger partial charge < -0.3 is 19.7 Å². The number of hydrogen-bond acceptors (Lipinski definition) is 6. The highest BCUT2D eigenvalue weighted by atomic mass is 16.6. The van der Waals surface area contributed by atoms with E-state index >= 15 is 0 Å². The molecule has 18 heavy (non-hydrogen) atoms. The Morgan fingerprint density at radius 2 is 2.22 bits per heavy atom. The van der Waals surface area contributed by atoms with Crippen LogP contribution in [-0.2, 0) is 11.2 Å². The number of non-ortho nitro benzene ring substituents is 1. The van der Waals surface area contributed by atoms with Gasteiger partial charge in [-0.1, -0.05) is 0 Å². The minimum Gasteiger partial charge on any atom is -0.490 e. The summed E-state index contributed by atoms with van der Waals surface area (Å²) in [6, 6.07) is 3.88. The molecule has 1 rings (SSSR count). The third-order valence-electron chi connectivity index (χ3n) is 2.21. The van der Waals surface area contributed by atoms with E-state index in [0.717, 1.165) is 0 Å². The number of nitrogens with zero attached hydrogens (tertiary/aromatic N) is 1. The Balaban J connectivity index is 2.92. The Labute approximate surface area is 103 Å². The minimum absolute atomic E-state index is 0.0581. The van der Waals surface area contributed by atoms with Crippen LogP contribution in [0.1, 0.15) is 5.56 Å². The summed E-state index contributed by atoms with van der Waals surface area (Å²) in [6.45, 7) is -0.679. The van der Waals surface area contributed by atoms with Gasteiger partial charge in [-0.05, 0) is 6.07 Å². The Hall–Kier alpha value is -1.99. The van der Waals surface area contributed by atoms with Crippen LogP contribution in [0.3, 0.4) is 0 Å². The number of rotatable bonds is 7. The molecule has 0 saturated heterocycles. The van der Waals surface area contributed by atoms with Gasteiger partial charge in [-0.3, -0.25) is 10.1 Å². The molecule has 0 bridgehead atoms. The predicted molar refractivity (Wildman–Crippen MR) is 61.5 cm³/mol. The fourth-order valence-corrected chi connectivity index (χ4v) is 1.29. The van der Waals surface area contributed by atoms with Gasteiger partial charge in [0.1, 0.15) is 24.7 Å². The van der Waals surface area contributed by atoms with Gasteiger partial charge >= 0.3 is 0 Å². The van der Waals surface area contributed by atoms with E-state index in [4.69, 9.17) is 14.9 Å². The van der Waals surface area contributed by atoms with Crippen LogP contribution in [0.15, 0.2) is 18.2 Å². The summed E-state index contributed by atoms with van der Waals surface area (Å²) < 4.78 is 5.16. The molecular formula is C11H13NO6. The number of nitro groups is 1. The summed E-state index contributed by atoms with van der Waals surface area (Å²) >= 11 is 0. The molecule has 0 saturated carbocycles. The minimum atomic E-state index is -1.08. The van der Waals surface area contributed by atoms with Gasteiger partial charge in [0.05, 0.1) is 17.6 Å². The summed E-state index contributed by atoms with van der Waals surface area (Å²) in [5.41, 5.74) is 0.318. The number of aliphatic hydroxyl groups is 2. The van der Waals surface area contributed by atoms with E-state index in [1.165, 1.54) is 18.2 Å². The highest BCUT2D eigenvalue weighted by molar-refractivity contribution is 5.59. The van der Waals surface area contributed by atoms with Crippen LogP contribution < -0.4 is 4.74 Å². The number of aldehydes is 1. The average molecular weight is 255 g/mol. The number of ether oxygens (including phenoxy) is 1. The first-order chi connectivity index (χ1) is 8.58. The monoisotopic (exact) mass is 255 g/mol. The molecular weight excluding hydrogens is 242 g/mol. The molecule has 0 aliphatic heterocycles. The first kappa shape index (κ1) is 14.1. The van der Waals surface area contributed by atoms with E-state index < -0.39 is 17.6 Å². The SMILES string of the molecule is O=CCc1ccc([N+](=O)[O-])cc1OCC(O)CO. The molecule has 1 aromatic carbocycles. The van der Waals surface area contributed by atoms with Crippen molar-refractivity contribution in [1.29, 1.82) is 0 Å². The fraction of sp³-hybridized carbons (Fsp3) is 0.364. The summed E-state index contributed by atoms with van der Waals surface area (Å²) in [4.78, 5) is 20.5. The highest BCUT2D eigenvalue weighted by Crippen LogP contribution is 2.25. The van der Waals surface area contributed by atoms with E-state index in [1.54, 1.807) is 0 Å². The van der Waals surface area contributed by atoms with Crippen molar-refractivity contribution in [3.8, 4) is 5.75 Å². The van der Waals surface area contributed by atoms with E-state index in [-0.39, 0.29) is 24.5 Å². The van der Waals surface area contributed by atoms with E-state index in [1.807, 2.05) is 0 Å². The Morgan fingerprint density at radius 1 is 1.50 bits per heavy atom. The van der Waals surface area contributed by atoms with Crippen molar-refractivity contribution >= 4 is 12.0 Å². The molecule has 0 spiro atoms. The Morgan fingerprint density at radius 3 is 2.78 bits per heavy atom. The predicted octanol–water partition coefficient (Wildman–Crippen LogP) is 0.0682. The maximum Gasteiger partial charge on any atom is 0.273 e. The maximum atomic E-state index is 10.6. The third-order valence-corrected chi connectivity index (χ3v) is 2.21. The van der Waals surface area contributed by atoms with E-state index in [0.29, 0.717) is 11.8 Å². The zero-order valence-electron chi connectivity index (χ0n) is 9.48. The van der Waals surface area contributed by atoms with Gasteiger partial charge in [-0.2, -0.15) is 0 Å². The molecule has 7 heteroatoms. The zero-order valence-corrected chi connectivity index (χ0v) is 9.48. The largest absolute Gasteiger partial charge is 0.490 e. The Bertz CT molecular complexity index is 434. The van der Waals surface area contributed by atoms with Crippen LogP contribution in [-0.4, -0.2) is 40.7 Å². The van der Waals surface area contributed by atoms with Crippen molar-refractivity contribution in [1.82, 2.24) is 0 Å². The standard InChI is InChI=1S/C11H13NO6/c13-4-3-8-1-2-9(12(16)17)5-11(8)18-7-10(15)6-14/h1-2,4-5,10,14-15H,3,6-7H2. The second-order valence-corrected chi connectivity index (χ2v) is 3.57. The van der Waals surface area contributed by atoms with Crippen molar-refractivity contribution in [2.45, 2.75) is 12.5 Å². The van der Waals surface area contributed by atoms with Crippen molar-refractivity contribution in [3.63, 3.8) is 0 Å². The van der Waals surface area contributed by atoms with E-state index in [9.17, 15) is 14.9 Å². The molecule has 0 aliphatic rings. The van der Waals surface area contributed by atoms with Crippen molar-refractivity contribution < 1.29 is 24.7 Å². The summed E-state index contributed by atoms with van der Waals surface area (Å²) in [7, 11) is 0. The molecule has 7 nitrogen and oxygen atoms in total. The Kier molecular flexibility index (Phi) is 5.22. The van der Waals surface area contributed by atoms with Crippen molar-refractivity contribution in [2.24, 2.45) is 0 Å². The second kappa shape index (κ2) is 6.67. The van der Waals surface area contributed by atoms with Crippen LogP contribution >= 0.6 is 0 Å². The zero-order chi connectivity index (χ0) is 13.5. The smallest absolute Gasteiger partial charge is 0.273 e. The molecule has 0 aliphatic carbocycles. The quantitative estimate of drug-likeness (QED) is 0.405. The first-order valence-corrected chi connectivity index (χ1v) is 5.21. The van der Waals surface area contributed by atoms with Crippen LogP contribution in [0, 0.1) is 10.1 Å². The molecule has 2 N–H and O–H groups in total. The van der Waals surface area contributed by atoms with Crippen molar-refractivity contribution in [3.05, 3.63) is 33.9 Å². The fourth-order valence-electron chi connectivity index (χ4n) is 1.29. The lowest BCUT2D eigenvalue weighted by molar-refractivity contribution is -0.385. The van der Waals surface area contributed by atoms with Gasteiger partial charge in [-0.25, -0.2) is 0 Å². The molecule has 0 heterocycles. The maximum absolute atomic E-state index is 10.6. The second-order valence-electron chi connectivity index (χ2n) is 3.57. The van der Waals surface area contributed by atoms with Gasteiger partial charge in [0.15, 0.2) is 0 Å². The molecule has 0 aromatic heterocycles. The van der Waals surface area contributed by atoms with Gasteiger partial charge in [0.25, 0.3) is 5.69 Å². The van der Waals surface area contributed by atoms with Gasteiger partial charge in [0.2, 0.25) is 0 Å². The first-order valence-electron chi connectivity index (χ1n) is 5.21. The lowest BCUT2D eigenvalue weighted by Gasteiger charge is -2.12. The lowest BCUT2D eigenvalue weighted by atomic mass is 10.1. The molecule has 98 valence electrons. The van der Waals surface area contributed by atoms with Crippen LogP contribution in [0.25, 0.3) is 0 Å². The summed E-state index contributed by atoms with van der Waals surface area (Å²) in [6.07, 6.45) is -0.368. The number of carbonyl (C=O) groups excluding carboxylic acids is 1. The number of hydrogen-bond donors (Lipinski definition) is 2. The van der Waals surface area contributed by atoms with Crippen LogP contribution in [0.4, 0.5) is 5.69 Å². The topological polar surface area (TPSA) is 110 Å². The molecule has 1 aromatic rings. The van der Waals surface area contributed by atoms with Crippen molar-refractivity contribution in [2.75, 3.05) is 13.2 Å². The molecule has 0 fully saturated rings. The van der Waals surface area contributed by atoms with Crippen LogP contribution in [0.5, 0.6) is 5.75 Å². The highest BCUT2D eigenvalue weighted by Gasteiger charge is 2.13. The lowest BCUT2D eigenvalue weighted by Crippen LogP contribution is -2.21. The van der Waals surface area contributed by atoms with Gasteiger partial charge in [0, 0.05) is 18.1 Å². The summed E-state index contributed by atoms with van der Waals surface area (Å²) in [5, 5.41) is 28.4. The molecule has 1 atom stereocenters. The van der Waals surface area contributed by atoms with Gasteiger partial charge in [-0.15, -0.1) is 0 Å². The van der Waals surface area contributed by atoms with Crippen LogP contribution in [0.2, 0.25) is 0 Å². The molecule has 0 amide bonds. The number of carbonyl (C=O) groups is 1. The average Bonchev–Trinajstić information content (AvgIpc) is 2.37. The summed E-state index contributed by atoms with van der Waals surface area (Å²) in [5.74, 6) is 0.156. The molecule has 0 radical (unpaired) electrons. The number of aliphatic hydroxyl groups excluding tert-OH is 2. The number of benzene rings is 1.